The fourth-order valence-electron chi connectivity index (χ4n) is 3.79. The van der Waals surface area contributed by atoms with Crippen molar-refractivity contribution in [2.24, 2.45) is 12.1 Å². The second-order valence-electron chi connectivity index (χ2n) is 7.80. The Bertz CT molecular complexity index is 1330. The van der Waals surface area contributed by atoms with E-state index in [4.69, 9.17) is 4.98 Å². The van der Waals surface area contributed by atoms with E-state index in [2.05, 4.69) is 47.7 Å². The van der Waals surface area contributed by atoms with Gasteiger partial charge in [-0.1, -0.05) is 42.0 Å². The number of hydrogen-bond acceptors (Lipinski definition) is 4. The molecule has 0 fully saturated rings. The molecule has 0 aliphatic rings. The number of para-hydroxylation sites is 1. The lowest BCUT2D eigenvalue weighted by Crippen LogP contribution is -2.18. The van der Waals surface area contributed by atoms with Crippen molar-refractivity contribution in [3.63, 3.8) is 0 Å². The minimum Gasteiger partial charge on any atom is -0.272 e. The topological polar surface area (TPSA) is 72.2 Å². The van der Waals surface area contributed by atoms with Gasteiger partial charge >= 0.3 is 0 Å². The van der Waals surface area contributed by atoms with E-state index < -0.39 is 0 Å². The summed E-state index contributed by atoms with van der Waals surface area (Å²) in [5, 5.41) is 9.35. The molecule has 4 rings (SSSR count). The SMILES string of the molecule is Cc1ccc(-c2cc(C(=O)NN=Cc3c(C)nn(C)c3C)c3ccccc3n2)c(C)c1. The van der Waals surface area contributed by atoms with Crippen LogP contribution >= 0.6 is 0 Å². The highest BCUT2D eigenvalue weighted by Crippen LogP contribution is 2.27. The van der Waals surface area contributed by atoms with Gasteiger partial charge in [0.25, 0.3) is 5.91 Å². The Labute approximate surface area is 181 Å². The summed E-state index contributed by atoms with van der Waals surface area (Å²) < 4.78 is 1.80. The summed E-state index contributed by atoms with van der Waals surface area (Å²) in [6.07, 6.45) is 1.64. The van der Waals surface area contributed by atoms with E-state index in [0.717, 1.165) is 44.7 Å². The molecule has 0 radical (unpaired) electrons. The lowest BCUT2D eigenvalue weighted by atomic mass is 9.99. The summed E-state index contributed by atoms with van der Waals surface area (Å²) in [6, 6.07) is 15.7. The van der Waals surface area contributed by atoms with E-state index in [1.54, 1.807) is 10.9 Å². The molecule has 0 unspecified atom stereocenters. The monoisotopic (exact) mass is 411 g/mol. The van der Waals surface area contributed by atoms with Crippen LogP contribution in [0.25, 0.3) is 22.2 Å². The van der Waals surface area contributed by atoms with Crippen molar-refractivity contribution in [1.29, 1.82) is 0 Å². The zero-order valence-corrected chi connectivity index (χ0v) is 18.4. The second kappa shape index (κ2) is 8.14. The van der Waals surface area contributed by atoms with Gasteiger partial charge in [0, 0.05) is 29.3 Å². The number of aromatic nitrogens is 3. The first-order chi connectivity index (χ1) is 14.8. The molecular weight excluding hydrogens is 386 g/mol. The molecule has 2 heterocycles. The fourth-order valence-corrected chi connectivity index (χ4v) is 3.79. The molecule has 0 aliphatic carbocycles. The van der Waals surface area contributed by atoms with Crippen LogP contribution in [-0.4, -0.2) is 26.9 Å². The number of rotatable bonds is 4. The highest BCUT2D eigenvalue weighted by molar-refractivity contribution is 6.07. The molecule has 0 saturated carbocycles. The summed E-state index contributed by atoms with van der Waals surface area (Å²) in [5.41, 5.74) is 10.8. The predicted molar refractivity (Wildman–Crippen MR) is 124 cm³/mol. The van der Waals surface area contributed by atoms with Crippen molar-refractivity contribution in [1.82, 2.24) is 20.2 Å². The van der Waals surface area contributed by atoms with Gasteiger partial charge in [-0.2, -0.15) is 10.2 Å². The molecule has 31 heavy (non-hydrogen) atoms. The average molecular weight is 412 g/mol. The summed E-state index contributed by atoms with van der Waals surface area (Å²) >= 11 is 0. The molecule has 0 atom stereocenters. The third kappa shape index (κ3) is 3.97. The van der Waals surface area contributed by atoms with E-state index in [9.17, 15) is 4.79 Å². The number of fused-ring (bicyclic) bond motifs is 1. The van der Waals surface area contributed by atoms with E-state index in [-0.39, 0.29) is 5.91 Å². The number of benzene rings is 2. The molecule has 2 aromatic heterocycles. The Hall–Kier alpha value is -3.80. The second-order valence-corrected chi connectivity index (χ2v) is 7.80. The summed E-state index contributed by atoms with van der Waals surface area (Å²) in [6.45, 7) is 8.01. The lowest BCUT2D eigenvalue weighted by molar-refractivity contribution is 0.0956. The number of hydrogen-bond donors (Lipinski definition) is 1. The van der Waals surface area contributed by atoms with Crippen molar-refractivity contribution >= 4 is 23.0 Å². The predicted octanol–water partition coefficient (Wildman–Crippen LogP) is 4.63. The van der Waals surface area contributed by atoms with Gasteiger partial charge in [-0.05, 0) is 45.4 Å². The maximum absolute atomic E-state index is 13.1. The molecule has 156 valence electrons. The molecule has 0 aliphatic heterocycles. The normalized spacial score (nSPS) is 11.4. The Balaban J connectivity index is 1.72. The molecular formula is C25H25N5O. The lowest BCUT2D eigenvalue weighted by Gasteiger charge is -2.11. The number of aryl methyl sites for hydroxylation is 4. The number of hydrazone groups is 1. The number of pyridine rings is 1. The first-order valence-electron chi connectivity index (χ1n) is 10.2. The Kier molecular flexibility index (Phi) is 5.38. The van der Waals surface area contributed by atoms with Gasteiger partial charge in [0.2, 0.25) is 0 Å². The number of nitrogens with one attached hydrogen (secondary N) is 1. The third-order valence-corrected chi connectivity index (χ3v) is 5.54. The van der Waals surface area contributed by atoms with Gasteiger partial charge in [0.1, 0.15) is 0 Å². The molecule has 6 heteroatoms. The van der Waals surface area contributed by atoms with Crippen molar-refractivity contribution in [2.45, 2.75) is 27.7 Å². The van der Waals surface area contributed by atoms with Crippen LogP contribution in [0, 0.1) is 27.7 Å². The van der Waals surface area contributed by atoms with Gasteiger partial charge in [-0.3, -0.25) is 9.48 Å². The number of carbonyl (C=O) groups is 1. The first-order valence-corrected chi connectivity index (χ1v) is 10.2. The van der Waals surface area contributed by atoms with Crippen LogP contribution in [0.2, 0.25) is 0 Å². The van der Waals surface area contributed by atoms with Crippen LogP contribution in [0.15, 0.2) is 53.6 Å². The van der Waals surface area contributed by atoms with Crippen LogP contribution in [0.5, 0.6) is 0 Å². The number of amides is 1. The van der Waals surface area contributed by atoms with E-state index >= 15 is 0 Å². The van der Waals surface area contributed by atoms with Crippen LogP contribution < -0.4 is 5.43 Å². The van der Waals surface area contributed by atoms with E-state index in [1.165, 1.54) is 5.56 Å². The van der Waals surface area contributed by atoms with E-state index in [0.29, 0.717) is 5.56 Å². The average Bonchev–Trinajstić information content (AvgIpc) is 2.98. The fraction of sp³-hybridized carbons (Fsp3) is 0.200. The smallest absolute Gasteiger partial charge is 0.272 e. The zero-order chi connectivity index (χ0) is 22.1. The Morgan fingerprint density at radius 3 is 2.55 bits per heavy atom. The van der Waals surface area contributed by atoms with Gasteiger partial charge < -0.3 is 0 Å². The molecule has 1 N–H and O–H groups in total. The first kappa shape index (κ1) is 20.5. The standard InChI is InChI=1S/C25H25N5O/c1-15-10-11-19(16(2)12-15)24-13-21(20-8-6-7-9-23(20)27-24)25(31)28-26-14-22-17(3)29-30(5)18(22)4/h6-14H,1-5H3,(H,28,31). The van der Waals surface area contributed by atoms with Gasteiger partial charge in [0.15, 0.2) is 0 Å². The maximum atomic E-state index is 13.1. The van der Waals surface area contributed by atoms with Crippen molar-refractivity contribution in [3.8, 4) is 11.3 Å². The summed E-state index contributed by atoms with van der Waals surface area (Å²) in [4.78, 5) is 17.9. The molecule has 1 amide bonds. The summed E-state index contributed by atoms with van der Waals surface area (Å²) in [7, 11) is 1.88. The van der Waals surface area contributed by atoms with Gasteiger partial charge in [-0.25, -0.2) is 10.4 Å². The maximum Gasteiger partial charge on any atom is 0.272 e. The Morgan fingerprint density at radius 1 is 1.06 bits per heavy atom. The van der Waals surface area contributed by atoms with Crippen LogP contribution in [0.1, 0.15) is 38.4 Å². The molecule has 2 aromatic carbocycles. The van der Waals surface area contributed by atoms with Crippen LogP contribution in [-0.2, 0) is 7.05 Å². The van der Waals surface area contributed by atoms with Crippen molar-refractivity contribution < 1.29 is 4.79 Å². The zero-order valence-electron chi connectivity index (χ0n) is 18.4. The number of carbonyl (C=O) groups excluding carboxylic acids is 1. The van der Waals surface area contributed by atoms with Crippen molar-refractivity contribution in [3.05, 3.63) is 82.2 Å². The van der Waals surface area contributed by atoms with Gasteiger partial charge in [-0.15, -0.1) is 0 Å². The molecule has 0 bridgehead atoms. The van der Waals surface area contributed by atoms with Gasteiger partial charge in [0.05, 0.1) is 28.7 Å². The third-order valence-electron chi connectivity index (χ3n) is 5.54. The highest BCUT2D eigenvalue weighted by atomic mass is 16.2. The Morgan fingerprint density at radius 2 is 1.84 bits per heavy atom. The molecule has 0 spiro atoms. The largest absolute Gasteiger partial charge is 0.272 e. The summed E-state index contributed by atoms with van der Waals surface area (Å²) in [5.74, 6) is -0.278. The molecule has 4 aromatic rings. The van der Waals surface area contributed by atoms with Crippen LogP contribution in [0.3, 0.4) is 0 Å². The molecule has 6 nitrogen and oxygen atoms in total. The molecule has 0 saturated heterocycles. The van der Waals surface area contributed by atoms with Crippen molar-refractivity contribution in [2.75, 3.05) is 0 Å². The minimum absolute atomic E-state index is 0.278. The highest BCUT2D eigenvalue weighted by Gasteiger charge is 2.15. The number of nitrogens with zero attached hydrogens (tertiary/aromatic N) is 4. The van der Waals surface area contributed by atoms with Crippen LogP contribution in [0.4, 0.5) is 0 Å². The minimum atomic E-state index is -0.278. The van der Waals surface area contributed by atoms with E-state index in [1.807, 2.05) is 51.2 Å². The quantitative estimate of drug-likeness (QED) is 0.393.